The molecule has 0 saturated carbocycles. The normalized spacial score (nSPS) is 10.3. The summed E-state index contributed by atoms with van der Waals surface area (Å²) in [5.74, 6) is 0.758. The molecule has 0 aromatic heterocycles. The average molecular weight is 388 g/mol. The van der Waals surface area contributed by atoms with Crippen LogP contribution in [0, 0.1) is 0 Å². The molecular formula is C24H24N2O3. The van der Waals surface area contributed by atoms with E-state index in [-0.39, 0.29) is 11.8 Å². The summed E-state index contributed by atoms with van der Waals surface area (Å²) in [5.41, 5.74) is 1.51. The third-order valence-corrected chi connectivity index (χ3v) is 4.52. The molecule has 1 N–H and O–H groups in total. The Labute approximate surface area is 170 Å². The molecule has 0 unspecified atom stereocenters. The highest BCUT2D eigenvalue weighted by Crippen LogP contribution is 2.26. The maximum Gasteiger partial charge on any atom is 0.259 e. The minimum absolute atomic E-state index is 0.0566. The van der Waals surface area contributed by atoms with E-state index in [4.69, 9.17) is 4.74 Å². The molecule has 0 atom stereocenters. The second kappa shape index (κ2) is 9.55. The highest BCUT2D eigenvalue weighted by molar-refractivity contribution is 6.07. The van der Waals surface area contributed by atoms with Crippen LogP contribution in [-0.4, -0.2) is 29.8 Å². The third-order valence-electron chi connectivity index (χ3n) is 4.52. The molecule has 0 aliphatic rings. The first-order valence-corrected chi connectivity index (χ1v) is 9.65. The van der Waals surface area contributed by atoms with Crippen molar-refractivity contribution in [1.82, 2.24) is 4.90 Å². The lowest BCUT2D eigenvalue weighted by Crippen LogP contribution is -2.30. The zero-order chi connectivity index (χ0) is 20.6. The van der Waals surface area contributed by atoms with Crippen molar-refractivity contribution in [1.29, 1.82) is 0 Å². The van der Waals surface area contributed by atoms with Gasteiger partial charge >= 0.3 is 0 Å². The molecule has 2 amide bonds. The smallest absolute Gasteiger partial charge is 0.259 e. The Morgan fingerprint density at radius 2 is 1.55 bits per heavy atom. The largest absolute Gasteiger partial charge is 0.457 e. The number of amides is 2. The van der Waals surface area contributed by atoms with Crippen molar-refractivity contribution in [2.75, 3.05) is 18.4 Å². The van der Waals surface area contributed by atoms with Crippen molar-refractivity contribution in [2.24, 2.45) is 0 Å². The number of benzene rings is 3. The summed E-state index contributed by atoms with van der Waals surface area (Å²) in [6, 6.07) is 23.3. The molecular weight excluding hydrogens is 364 g/mol. The monoisotopic (exact) mass is 388 g/mol. The van der Waals surface area contributed by atoms with Crippen LogP contribution >= 0.6 is 0 Å². The lowest BCUT2D eigenvalue weighted by atomic mass is 10.1. The molecule has 5 nitrogen and oxygen atoms in total. The van der Waals surface area contributed by atoms with Gasteiger partial charge in [0, 0.05) is 24.3 Å². The minimum atomic E-state index is -0.302. The van der Waals surface area contributed by atoms with Crippen molar-refractivity contribution < 1.29 is 14.3 Å². The summed E-state index contributed by atoms with van der Waals surface area (Å²) in [5, 5.41) is 2.86. The van der Waals surface area contributed by atoms with Gasteiger partial charge in [-0.25, -0.2) is 0 Å². The Morgan fingerprint density at radius 3 is 2.28 bits per heavy atom. The Bertz CT molecular complexity index is 982. The summed E-state index contributed by atoms with van der Waals surface area (Å²) >= 11 is 0. The van der Waals surface area contributed by atoms with Crippen LogP contribution in [0.25, 0.3) is 0 Å². The number of carbonyl (C=O) groups excluding carboxylic acids is 2. The van der Waals surface area contributed by atoms with E-state index >= 15 is 0 Å². The van der Waals surface area contributed by atoms with E-state index in [0.29, 0.717) is 41.4 Å². The number of nitrogens with one attached hydrogen (secondary N) is 1. The van der Waals surface area contributed by atoms with Gasteiger partial charge in [-0.05, 0) is 56.3 Å². The molecule has 0 radical (unpaired) electrons. The van der Waals surface area contributed by atoms with E-state index < -0.39 is 0 Å². The molecule has 148 valence electrons. The van der Waals surface area contributed by atoms with E-state index in [0.717, 1.165) is 0 Å². The van der Waals surface area contributed by atoms with Crippen LogP contribution in [0.3, 0.4) is 0 Å². The van der Waals surface area contributed by atoms with Gasteiger partial charge in [0.2, 0.25) is 0 Å². The van der Waals surface area contributed by atoms with Crippen LogP contribution in [0.1, 0.15) is 34.6 Å². The van der Waals surface area contributed by atoms with Crippen LogP contribution in [0.5, 0.6) is 11.5 Å². The number of carbonyl (C=O) groups is 2. The maximum absolute atomic E-state index is 12.9. The molecule has 0 aliphatic heterocycles. The quantitative estimate of drug-likeness (QED) is 0.604. The number of rotatable bonds is 7. The summed E-state index contributed by atoms with van der Waals surface area (Å²) < 4.78 is 5.87. The first kappa shape index (κ1) is 20.1. The van der Waals surface area contributed by atoms with Crippen molar-refractivity contribution in [3.05, 3.63) is 90.0 Å². The molecule has 5 heteroatoms. The molecule has 0 fully saturated rings. The minimum Gasteiger partial charge on any atom is -0.457 e. The van der Waals surface area contributed by atoms with Crippen LogP contribution < -0.4 is 10.1 Å². The predicted octanol–water partition coefficient (Wildman–Crippen LogP) is 5.21. The van der Waals surface area contributed by atoms with Crippen molar-refractivity contribution in [2.45, 2.75) is 13.8 Å². The zero-order valence-electron chi connectivity index (χ0n) is 16.6. The van der Waals surface area contributed by atoms with Crippen LogP contribution in [0.2, 0.25) is 0 Å². The Balaban J connectivity index is 1.79. The van der Waals surface area contributed by atoms with E-state index in [1.54, 1.807) is 47.4 Å². The SMILES string of the molecule is CCN(CC)C(=O)c1cccc(NC(=O)c2ccccc2Oc2ccccc2)c1. The fourth-order valence-corrected chi connectivity index (χ4v) is 2.98. The molecule has 0 bridgehead atoms. The third kappa shape index (κ3) is 5.02. The Morgan fingerprint density at radius 1 is 0.862 bits per heavy atom. The fraction of sp³-hybridized carbons (Fsp3) is 0.167. The number of nitrogens with zero attached hydrogens (tertiary/aromatic N) is 1. The summed E-state index contributed by atoms with van der Waals surface area (Å²) in [6.07, 6.45) is 0. The van der Waals surface area contributed by atoms with Gasteiger partial charge in [0.15, 0.2) is 0 Å². The lowest BCUT2D eigenvalue weighted by Gasteiger charge is -2.19. The van der Waals surface area contributed by atoms with E-state index in [1.165, 1.54) is 0 Å². The topological polar surface area (TPSA) is 58.6 Å². The lowest BCUT2D eigenvalue weighted by molar-refractivity contribution is 0.0772. The van der Waals surface area contributed by atoms with Gasteiger partial charge in [0.1, 0.15) is 11.5 Å². The predicted molar refractivity (Wildman–Crippen MR) is 115 cm³/mol. The molecule has 0 heterocycles. The number of hydrogen-bond acceptors (Lipinski definition) is 3. The van der Waals surface area contributed by atoms with Crippen LogP contribution in [0.4, 0.5) is 5.69 Å². The summed E-state index contributed by atoms with van der Waals surface area (Å²) in [6.45, 7) is 5.15. The number of ether oxygens (including phenoxy) is 1. The van der Waals surface area contributed by atoms with Gasteiger partial charge in [0.25, 0.3) is 11.8 Å². The first-order valence-electron chi connectivity index (χ1n) is 9.65. The number of hydrogen-bond donors (Lipinski definition) is 1. The molecule has 0 saturated heterocycles. The first-order chi connectivity index (χ1) is 14.1. The Kier molecular flexibility index (Phi) is 6.63. The molecule has 29 heavy (non-hydrogen) atoms. The summed E-state index contributed by atoms with van der Waals surface area (Å²) in [4.78, 5) is 27.2. The molecule has 0 aliphatic carbocycles. The second-order valence-corrected chi connectivity index (χ2v) is 6.42. The number of para-hydroxylation sites is 2. The van der Waals surface area contributed by atoms with Gasteiger partial charge in [-0.1, -0.05) is 36.4 Å². The highest BCUT2D eigenvalue weighted by atomic mass is 16.5. The van der Waals surface area contributed by atoms with Gasteiger partial charge in [-0.3, -0.25) is 9.59 Å². The highest BCUT2D eigenvalue weighted by Gasteiger charge is 2.16. The van der Waals surface area contributed by atoms with Crippen molar-refractivity contribution in [3.8, 4) is 11.5 Å². The van der Waals surface area contributed by atoms with Gasteiger partial charge in [-0.2, -0.15) is 0 Å². The zero-order valence-corrected chi connectivity index (χ0v) is 16.6. The van der Waals surface area contributed by atoms with Crippen molar-refractivity contribution >= 4 is 17.5 Å². The average Bonchev–Trinajstić information content (AvgIpc) is 2.76. The molecule has 3 aromatic rings. The van der Waals surface area contributed by atoms with Crippen molar-refractivity contribution in [3.63, 3.8) is 0 Å². The van der Waals surface area contributed by atoms with E-state index in [2.05, 4.69) is 5.32 Å². The van der Waals surface area contributed by atoms with E-state index in [9.17, 15) is 9.59 Å². The van der Waals surface area contributed by atoms with Gasteiger partial charge < -0.3 is 15.0 Å². The summed E-state index contributed by atoms with van der Waals surface area (Å²) in [7, 11) is 0. The van der Waals surface area contributed by atoms with Gasteiger partial charge in [0.05, 0.1) is 5.56 Å². The van der Waals surface area contributed by atoms with Crippen LogP contribution in [0.15, 0.2) is 78.9 Å². The fourth-order valence-electron chi connectivity index (χ4n) is 2.98. The number of anilines is 1. The van der Waals surface area contributed by atoms with Crippen LogP contribution in [-0.2, 0) is 0 Å². The standard InChI is InChI=1S/C24H24N2O3/c1-3-26(4-2)24(28)18-11-10-12-19(17-18)25-23(27)21-15-8-9-16-22(21)29-20-13-6-5-7-14-20/h5-17H,3-4H2,1-2H3,(H,25,27). The molecule has 3 rings (SSSR count). The molecule has 0 spiro atoms. The van der Waals surface area contributed by atoms with E-state index in [1.807, 2.05) is 50.2 Å². The Hall–Kier alpha value is -3.60. The second-order valence-electron chi connectivity index (χ2n) is 6.42. The molecule has 3 aromatic carbocycles. The van der Waals surface area contributed by atoms with Gasteiger partial charge in [-0.15, -0.1) is 0 Å². The maximum atomic E-state index is 12.9.